The van der Waals surface area contributed by atoms with Gasteiger partial charge in [-0.2, -0.15) is 4.72 Å². The Morgan fingerprint density at radius 1 is 0.775 bits per heavy atom. The Morgan fingerprint density at radius 3 is 1.90 bits per heavy atom. The number of carbonyl (C=O) groups excluding carboxylic acids is 4. The van der Waals surface area contributed by atoms with E-state index >= 15 is 0 Å². The average molecular weight is 576 g/mol. The Bertz CT molecular complexity index is 1310. The van der Waals surface area contributed by atoms with E-state index in [4.69, 9.17) is 4.74 Å². The number of sulfonamides is 1. The number of esters is 1. The molecule has 2 amide bonds. The standard InChI is InChI=1S/C29H41N3O7S/c1-7-23(26(33)29(36)39-8-2)30-27(34)24(15-18(3)4)31-28(35)25(16-19(5)6)32-40(37,38)22-14-13-20-11-9-10-12-21(20)17-22/h9-14,17-19,23-25,32H,7-8,15-16H2,1-6H3,(H,30,34)(H,31,35)/t23-,24-,25-/m0/s1. The van der Waals surface area contributed by atoms with Crippen LogP contribution < -0.4 is 15.4 Å². The van der Waals surface area contributed by atoms with Crippen molar-refractivity contribution in [2.75, 3.05) is 6.61 Å². The van der Waals surface area contributed by atoms with Crippen molar-refractivity contribution < 1.29 is 32.3 Å². The Morgan fingerprint density at radius 2 is 1.32 bits per heavy atom. The zero-order chi connectivity index (χ0) is 30.0. The van der Waals surface area contributed by atoms with Crippen LogP contribution in [0.4, 0.5) is 0 Å². The van der Waals surface area contributed by atoms with E-state index in [0.29, 0.717) is 0 Å². The molecule has 0 aromatic heterocycles. The molecule has 2 aromatic rings. The first-order valence-electron chi connectivity index (χ1n) is 13.6. The summed E-state index contributed by atoms with van der Waals surface area (Å²) in [6.07, 6.45) is 0.564. The molecule has 0 unspecified atom stereocenters. The van der Waals surface area contributed by atoms with E-state index in [1.165, 1.54) is 6.07 Å². The number of rotatable bonds is 15. The molecule has 0 spiro atoms. The predicted molar refractivity (Wildman–Crippen MR) is 153 cm³/mol. The molecule has 0 aliphatic heterocycles. The molecule has 40 heavy (non-hydrogen) atoms. The highest BCUT2D eigenvalue weighted by Crippen LogP contribution is 2.20. The first-order valence-corrected chi connectivity index (χ1v) is 15.1. The van der Waals surface area contributed by atoms with Gasteiger partial charge in [-0.3, -0.25) is 14.4 Å². The van der Waals surface area contributed by atoms with Gasteiger partial charge in [-0.15, -0.1) is 0 Å². The van der Waals surface area contributed by atoms with Crippen molar-refractivity contribution in [3.8, 4) is 0 Å². The van der Waals surface area contributed by atoms with Crippen LogP contribution in [-0.2, 0) is 33.9 Å². The van der Waals surface area contributed by atoms with Crippen molar-refractivity contribution >= 4 is 44.4 Å². The lowest BCUT2D eigenvalue weighted by Gasteiger charge is -2.26. The second kappa shape index (κ2) is 14.9. The third kappa shape index (κ3) is 9.41. The molecule has 10 nitrogen and oxygen atoms in total. The highest BCUT2D eigenvalue weighted by molar-refractivity contribution is 7.89. The molecule has 2 aromatic carbocycles. The maximum Gasteiger partial charge on any atom is 0.376 e. The minimum absolute atomic E-state index is 0.0188. The van der Waals surface area contributed by atoms with E-state index in [-0.39, 0.29) is 42.6 Å². The van der Waals surface area contributed by atoms with E-state index in [1.54, 1.807) is 32.0 Å². The lowest BCUT2D eigenvalue weighted by Crippen LogP contribution is -2.56. The second-order valence-electron chi connectivity index (χ2n) is 10.6. The van der Waals surface area contributed by atoms with Crippen LogP contribution >= 0.6 is 0 Å². The number of benzene rings is 2. The zero-order valence-electron chi connectivity index (χ0n) is 24.0. The van der Waals surface area contributed by atoms with E-state index in [2.05, 4.69) is 15.4 Å². The fraction of sp³-hybridized carbons (Fsp3) is 0.517. The zero-order valence-corrected chi connectivity index (χ0v) is 24.8. The number of Topliss-reactive ketones (excluding diaryl/α,β-unsaturated/α-hetero) is 1. The summed E-state index contributed by atoms with van der Waals surface area (Å²) in [7, 11) is -4.08. The SMILES string of the molecule is CCOC(=O)C(=O)[C@H](CC)NC(=O)[C@H](CC(C)C)NC(=O)[C@H](CC(C)C)NS(=O)(=O)c1ccc2ccccc2c1. The molecule has 0 saturated heterocycles. The molecule has 0 radical (unpaired) electrons. The van der Waals surface area contributed by atoms with Gasteiger partial charge in [0.15, 0.2) is 0 Å². The van der Waals surface area contributed by atoms with Crippen LogP contribution in [0.5, 0.6) is 0 Å². The summed E-state index contributed by atoms with van der Waals surface area (Å²) >= 11 is 0. The van der Waals surface area contributed by atoms with Crippen LogP contribution in [0.25, 0.3) is 10.8 Å². The van der Waals surface area contributed by atoms with E-state index in [1.807, 2.05) is 45.9 Å². The molecule has 0 fully saturated rings. The largest absolute Gasteiger partial charge is 0.460 e. The fourth-order valence-corrected chi connectivity index (χ4v) is 5.46. The van der Waals surface area contributed by atoms with Crippen molar-refractivity contribution in [1.29, 1.82) is 0 Å². The summed E-state index contributed by atoms with van der Waals surface area (Å²) in [6, 6.07) is 8.75. The summed E-state index contributed by atoms with van der Waals surface area (Å²) in [5, 5.41) is 6.84. The Hall–Kier alpha value is -3.31. The van der Waals surface area contributed by atoms with Gasteiger partial charge in [-0.1, -0.05) is 65.0 Å². The smallest absolute Gasteiger partial charge is 0.376 e. The number of hydrogen-bond donors (Lipinski definition) is 3. The van der Waals surface area contributed by atoms with Crippen LogP contribution in [-0.4, -0.2) is 56.7 Å². The molecular weight excluding hydrogens is 534 g/mol. The number of ether oxygens (including phenoxy) is 1. The van der Waals surface area contributed by atoms with Crippen LogP contribution in [0, 0.1) is 11.8 Å². The van der Waals surface area contributed by atoms with Gasteiger partial charge in [0.25, 0.3) is 5.78 Å². The minimum Gasteiger partial charge on any atom is -0.460 e. The van der Waals surface area contributed by atoms with Gasteiger partial charge in [0.1, 0.15) is 12.1 Å². The van der Waals surface area contributed by atoms with Crippen molar-refractivity contribution in [3.05, 3.63) is 42.5 Å². The predicted octanol–water partition coefficient (Wildman–Crippen LogP) is 3.09. The molecular formula is C29H41N3O7S. The van der Waals surface area contributed by atoms with E-state index in [9.17, 15) is 27.6 Å². The summed E-state index contributed by atoms with van der Waals surface area (Å²) in [6.45, 7) is 10.7. The number of hydrogen-bond acceptors (Lipinski definition) is 7. The fourth-order valence-electron chi connectivity index (χ4n) is 4.21. The molecule has 220 valence electrons. The molecule has 3 N–H and O–H groups in total. The molecule has 0 bridgehead atoms. The van der Waals surface area contributed by atoms with Crippen molar-refractivity contribution in [3.63, 3.8) is 0 Å². The van der Waals surface area contributed by atoms with Crippen molar-refractivity contribution in [2.24, 2.45) is 11.8 Å². The monoisotopic (exact) mass is 575 g/mol. The Labute approximate surface area is 236 Å². The molecule has 0 saturated carbocycles. The summed E-state index contributed by atoms with van der Waals surface area (Å²) in [4.78, 5) is 50.9. The van der Waals surface area contributed by atoms with Gasteiger partial charge in [0, 0.05) is 0 Å². The highest BCUT2D eigenvalue weighted by Gasteiger charge is 2.33. The number of carbonyl (C=O) groups is 4. The summed E-state index contributed by atoms with van der Waals surface area (Å²) < 4.78 is 33.9. The average Bonchev–Trinajstić information content (AvgIpc) is 2.89. The Balaban J connectivity index is 2.26. The topological polar surface area (TPSA) is 148 Å². The van der Waals surface area contributed by atoms with Gasteiger partial charge in [0.05, 0.1) is 17.5 Å². The van der Waals surface area contributed by atoms with Gasteiger partial charge < -0.3 is 15.4 Å². The first kappa shape index (κ1) is 32.9. The maximum atomic E-state index is 13.4. The lowest BCUT2D eigenvalue weighted by molar-refractivity contribution is -0.154. The Kier molecular flexibility index (Phi) is 12.3. The summed E-state index contributed by atoms with van der Waals surface area (Å²) in [5.74, 6) is -3.29. The quantitative estimate of drug-likeness (QED) is 0.218. The maximum absolute atomic E-state index is 13.4. The molecule has 11 heteroatoms. The van der Waals surface area contributed by atoms with Crippen LogP contribution in [0.3, 0.4) is 0 Å². The number of fused-ring (bicyclic) bond motifs is 1. The van der Waals surface area contributed by atoms with Crippen LogP contribution in [0.15, 0.2) is 47.4 Å². The normalized spacial score (nSPS) is 14.0. The van der Waals surface area contributed by atoms with Gasteiger partial charge in [-0.25, -0.2) is 13.2 Å². The van der Waals surface area contributed by atoms with Gasteiger partial charge in [-0.05, 0) is 60.9 Å². The molecule has 0 aliphatic rings. The van der Waals surface area contributed by atoms with Gasteiger partial charge >= 0.3 is 5.97 Å². The number of ketones is 1. The van der Waals surface area contributed by atoms with Crippen LogP contribution in [0.2, 0.25) is 0 Å². The minimum atomic E-state index is -4.08. The van der Waals surface area contributed by atoms with E-state index < -0.39 is 51.7 Å². The first-order chi connectivity index (χ1) is 18.8. The van der Waals surface area contributed by atoms with Gasteiger partial charge in [0.2, 0.25) is 21.8 Å². The summed E-state index contributed by atoms with van der Waals surface area (Å²) in [5.41, 5.74) is 0. The highest BCUT2D eigenvalue weighted by atomic mass is 32.2. The molecule has 0 heterocycles. The second-order valence-corrected chi connectivity index (χ2v) is 12.3. The molecule has 3 atom stereocenters. The third-order valence-electron chi connectivity index (χ3n) is 6.21. The molecule has 2 rings (SSSR count). The number of amides is 2. The van der Waals surface area contributed by atoms with Crippen molar-refractivity contribution in [1.82, 2.24) is 15.4 Å². The van der Waals surface area contributed by atoms with E-state index in [0.717, 1.165) is 10.8 Å². The third-order valence-corrected chi connectivity index (χ3v) is 7.68. The number of nitrogens with one attached hydrogen (secondary N) is 3. The lowest BCUT2D eigenvalue weighted by atomic mass is 10.00. The molecule has 0 aliphatic carbocycles. The van der Waals surface area contributed by atoms with Crippen LogP contribution in [0.1, 0.15) is 60.8 Å². The van der Waals surface area contributed by atoms with Crippen molar-refractivity contribution in [2.45, 2.75) is 83.8 Å².